The molecule has 8 heteroatoms. The highest BCUT2D eigenvalue weighted by molar-refractivity contribution is 8.13. The first kappa shape index (κ1) is 12.2. The molecule has 18 heavy (non-hydrogen) atoms. The molecule has 0 atom stereocenters. The Labute approximate surface area is 106 Å². The highest BCUT2D eigenvalue weighted by Gasteiger charge is 2.39. The Kier molecular flexibility index (Phi) is 3.11. The minimum Gasteiger partial charge on any atom is -0.268 e. The first-order valence-corrected chi connectivity index (χ1v) is 6.03. The second kappa shape index (κ2) is 4.57. The van der Waals surface area contributed by atoms with Gasteiger partial charge >= 0.3 is 0 Å². The van der Waals surface area contributed by atoms with Gasteiger partial charge in [0.05, 0.1) is 16.2 Å². The molecule has 0 aliphatic carbocycles. The molecule has 1 aliphatic rings. The van der Waals surface area contributed by atoms with Crippen molar-refractivity contribution in [2.24, 2.45) is 5.10 Å². The molecule has 92 valence electrons. The molecule has 0 aromatic heterocycles. The summed E-state index contributed by atoms with van der Waals surface area (Å²) in [5, 5.41) is 12.2. The van der Waals surface area contributed by atoms with E-state index in [4.69, 9.17) is 0 Å². The van der Waals surface area contributed by atoms with E-state index in [2.05, 4.69) is 5.10 Å². The largest absolute Gasteiger partial charge is 0.268 e. The number of fused-ring (bicyclic) bond motifs is 1. The van der Waals surface area contributed by atoms with E-state index in [0.717, 1.165) is 16.7 Å². The van der Waals surface area contributed by atoms with Crippen LogP contribution in [0.5, 0.6) is 0 Å². The van der Waals surface area contributed by atoms with Gasteiger partial charge in [0.2, 0.25) is 0 Å². The number of hydrogen-bond donors (Lipinski definition) is 0. The summed E-state index contributed by atoms with van der Waals surface area (Å²) >= 11 is 0.866. The van der Waals surface area contributed by atoms with Gasteiger partial charge in [-0.05, 0) is 18.4 Å². The van der Waals surface area contributed by atoms with Crippen LogP contribution in [-0.2, 0) is 0 Å². The number of amidine groups is 1. The normalized spacial score (nSPS) is 14.9. The van der Waals surface area contributed by atoms with Gasteiger partial charge in [0.25, 0.3) is 17.0 Å². The standard InChI is InChI=1S/C10H7N3O4S/c1-18-10(11-13(16)17)12-8(14)6-4-2-3-5-7(6)9(12)15/h2-5H,1H3. The topological polar surface area (TPSA) is 92.9 Å². The van der Waals surface area contributed by atoms with Crippen molar-refractivity contribution in [3.8, 4) is 0 Å². The number of carbonyl (C=O) groups is 2. The Balaban J connectivity index is 2.48. The zero-order valence-electron chi connectivity index (χ0n) is 9.19. The first-order chi connectivity index (χ1) is 8.56. The van der Waals surface area contributed by atoms with Crippen LogP contribution in [0.25, 0.3) is 0 Å². The Bertz CT molecular complexity index is 549. The minimum absolute atomic E-state index is 0.229. The molecule has 0 saturated heterocycles. The van der Waals surface area contributed by atoms with Crippen LogP contribution in [-0.4, -0.2) is 33.2 Å². The molecule has 1 aromatic rings. The van der Waals surface area contributed by atoms with Gasteiger partial charge in [0.15, 0.2) is 5.03 Å². The van der Waals surface area contributed by atoms with Crippen molar-refractivity contribution in [3.05, 3.63) is 45.5 Å². The van der Waals surface area contributed by atoms with Gasteiger partial charge in [-0.1, -0.05) is 23.9 Å². The monoisotopic (exact) mass is 265 g/mol. The SMILES string of the molecule is CSC(=N[N+](=O)[O-])N1C(=O)c2ccccc2C1=O. The summed E-state index contributed by atoms with van der Waals surface area (Å²) in [5.74, 6) is -1.18. The van der Waals surface area contributed by atoms with Crippen molar-refractivity contribution >= 4 is 28.7 Å². The zero-order valence-corrected chi connectivity index (χ0v) is 10.0. The Morgan fingerprint density at radius 2 is 1.78 bits per heavy atom. The van der Waals surface area contributed by atoms with Crippen molar-refractivity contribution in [3.63, 3.8) is 0 Å². The summed E-state index contributed by atoms with van der Waals surface area (Å²) in [5.41, 5.74) is 0.459. The van der Waals surface area contributed by atoms with Gasteiger partial charge in [-0.2, -0.15) is 0 Å². The van der Waals surface area contributed by atoms with Crippen LogP contribution in [0.2, 0.25) is 0 Å². The van der Waals surface area contributed by atoms with Gasteiger partial charge in [0.1, 0.15) is 0 Å². The van der Waals surface area contributed by atoms with Gasteiger partial charge < -0.3 is 0 Å². The molecule has 1 aliphatic heterocycles. The zero-order chi connectivity index (χ0) is 13.3. The lowest BCUT2D eigenvalue weighted by atomic mass is 10.1. The second-order valence-corrected chi connectivity index (χ2v) is 4.09. The van der Waals surface area contributed by atoms with E-state index in [1.165, 1.54) is 18.4 Å². The highest BCUT2D eigenvalue weighted by atomic mass is 32.2. The first-order valence-electron chi connectivity index (χ1n) is 4.81. The molecule has 0 fully saturated rings. The summed E-state index contributed by atoms with van der Waals surface area (Å²) in [4.78, 5) is 35.0. The number of hydrazone groups is 1. The summed E-state index contributed by atoms with van der Waals surface area (Å²) in [6.07, 6.45) is 1.51. The third kappa shape index (κ3) is 1.86. The molecule has 0 spiro atoms. The number of hydrogen-bond acceptors (Lipinski definition) is 5. The van der Waals surface area contributed by atoms with Crippen molar-refractivity contribution < 1.29 is 14.6 Å². The lowest BCUT2D eigenvalue weighted by Crippen LogP contribution is -2.34. The lowest BCUT2D eigenvalue weighted by Gasteiger charge is -2.10. The van der Waals surface area contributed by atoms with Crippen molar-refractivity contribution in [2.45, 2.75) is 0 Å². The Morgan fingerprint density at radius 1 is 1.28 bits per heavy atom. The van der Waals surface area contributed by atoms with E-state index in [9.17, 15) is 19.7 Å². The van der Waals surface area contributed by atoms with Gasteiger partial charge in [-0.3, -0.25) is 9.59 Å². The average Bonchev–Trinajstić information content (AvgIpc) is 2.60. The molecule has 0 bridgehead atoms. The molecule has 0 radical (unpaired) electrons. The molecule has 1 heterocycles. The fraction of sp³-hybridized carbons (Fsp3) is 0.100. The molecule has 2 amide bonds. The number of imide groups is 1. The summed E-state index contributed by atoms with van der Waals surface area (Å²) in [6.45, 7) is 0. The molecule has 0 N–H and O–H groups in total. The number of thioether (sulfide) groups is 1. The summed E-state index contributed by atoms with van der Waals surface area (Å²) in [6, 6.07) is 6.24. The van der Waals surface area contributed by atoms with E-state index in [1.54, 1.807) is 12.1 Å². The number of nitrogens with zero attached hydrogens (tertiary/aromatic N) is 3. The molecule has 0 saturated carbocycles. The Morgan fingerprint density at radius 3 is 2.17 bits per heavy atom. The van der Waals surface area contributed by atoms with E-state index in [1.807, 2.05) is 0 Å². The van der Waals surface area contributed by atoms with E-state index in [-0.39, 0.29) is 16.3 Å². The molecular formula is C10H7N3O4S. The van der Waals surface area contributed by atoms with E-state index < -0.39 is 16.8 Å². The number of rotatable bonds is 1. The number of carbonyl (C=O) groups excluding carboxylic acids is 2. The van der Waals surface area contributed by atoms with Crippen molar-refractivity contribution in [1.82, 2.24) is 4.90 Å². The van der Waals surface area contributed by atoms with E-state index in [0.29, 0.717) is 0 Å². The van der Waals surface area contributed by atoms with Crippen LogP contribution in [0.3, 0.4) is 0 Å². The molecule has 1 aromatic carbocycles. The predicted molar refractivity (Wildman–Crippen MR) is 64.9 cm³/mol. The summed E-state index contributed by atoms with van der Waals surface area (Å²) in [7, 11) is 0. The number of amides is 2. The minimum atomic E-state index is -0.935. The maximum absolute atomic E-state index is 12.0. The van der Waals surface area contributed by atoms with Crippen LogP contribution in [0.15, 0.2) is 29.4 Å². The maximum atomic E-state index is 12.0. The molecule has 2 rings (SSSR count). The lowest BCUT2D eigenvalue weighted by molar-refractivity contribution is -0.485. The Hall–Kier alpha value is -2.22. The predicted octanol–water partition coefficient (Wildman–Crippen LogP) is 1.19. The smallest absolute Gasteiger partial charge is 0.267 e. The maximum Gasteiger partial charge on any atom is 0.267 e. The van der Waals surface area contributed by atoms with Crippen LogP contribution < -0.4 is 0 Å². The van der Waals surface area contributed by atoms with Crippen LogP contribution in [0, 0.1) is 10.1 Å². The molecule has 7 nitrogen and oxygen atoms in total. The van der Waals surface area contributed by atoms with Gasteiger partial charge in [-0.15, -0.1) is 0 Å². The van der Waals surface area contributed by atoms with Gasteiger partial charge in [-0.25, -0.2) is 15.0 Å². The van der Waals surface area contributed by atoms with Crippen molar-refractivity contribution in [1.29, 1.82) is 0 Å². The van der Waals surface area contributed by atoms with Crippen LogP contribution in [0.4, 0.5) is 0 Å². The molecule has 0 unspecified atom stereocenters. The second-order valence-electron chi connectivity index (χ2n) is 3.32. The fourth-order valence-corrected chi connectivity index (χ4v) is 2.11. The van der Waals surface area contributed by atoms with Crippen LogP contribution in [0.1, 0.15) is 20.7 Å². The third-order valence-electron chi connectivity index (χ3n) is 2.34. The quantitative estimate of drug-likeness (QED) is 0.250. The number of benzene rings is 1. The highest BCUT2D eigenvalue weighted by Crippen LogP contribution is 2.25. The van der Waals surface area contributed by atoms with E-state index >= 15 is 0 Å². The van der Waals surface area contributed by atoms with Gasteiger partial charge in [0, 0.05) is 0 Å². The van der Waals surface area contributed by atoms with Crippen LogP contribution >= 0.6 is 11.8 Å². The molecular weight excluding hydrogens is 258 g/mol. The number of nitro groups is 1. The fourth-order valence-electron chi connectivity index (χ4n) is 1.61. The summed E-state index contributed by atoms with van der Waals surface area (Å²) < 4.78 is 0. The third-order valence-corrected chi connectivity index (χ3v) is 2.96. The van der Waals surface area contributed by atoms with Crippen molar-refractivity contribution in [2.75, 3.05) is 6.26 Å². The average molecular weight is 265 g/mol.